The predicted molar refractivity (Wildman–Crippen MR) is 64.6 cm³/mol. The van der Waals surface area contributed by atoms with Crippen molar-refractivity contribution in [1.82, 2.24) is 0 Å². The van der Waals surface area contributed by atoms with Crippen molar-refractivity contribution in [3.8, 4) is 12.1 Å². The number of rotatable bonds is 4. The van der Waals surface area contributed by atoms with E-state index in [0.29, 0.717) is 6.42 Å². The van der Waals surface area contributed by atoms with Crippen LogP contribution in [-0.4, -0.2) is 13.6 Å². The summed E-state index contributed by atoms with van der Waals surface area (Å²) in [4.78, 5) is 2.03. The predicted octanol–water partition coefficient (Wildman–Crippen LogP) is 2.57. The number of nitriles is 2. The lowest BCUT2D eigenvalue weighted by Crippen LogP contribution is -2.17. The third-order valence-electron chi connectivity index (χ3n) is 2.24. The van der Waals surface area contributed by atoms with Crippen molar-refractivity contribution in [2.75, 3.05) is 18.5 Å². The molecule has 0 saturated carbocycles. The Labute approximate surface area is 95.8 Å². The first-order valence-corrected chi connectivity index (χ1v) is 5.02. The number of hydrogen-bond acceptors (Lipinski definition) is 3. The SMILES string of the molecule is CN(CCC#N)c1ccc(C=CC#N)cc1. The van der Waals surface area contributed by atoms with Gasteiger partial charge in [-0.25, -0.2) is 0 Å². The molecule has 0 aromatic heterocycles. The van der Waals surface area contributed by atoms with E-state index in [2.05, 4.69) is 6.07 Å². The Bertz CT molecular complexity index is 432. The zero-order chi connectivity index (χ0) is 11.8. The van der Waals surface area contributed by atoms with Gasteiger partial charge < -0.3 is 4.90 Å². The molecule has 0 bridgehead atoms. The first kappa shape index (κ1) is 11.8. The van der Waals surface area contributed by atoms with Gasteiger partial charge in [0.1, 0.15) is 0 Å². The largest absolute Gasteiger partial charge is 0.374 e. The summed E-state index contributed by atoms with van der Waals surface area (Å²) < 4.78 is 0. The van der Waals surface area contributed by atoms with Crippen LogP contribution in [0.25, 0.3) is 6.08 Å². The van der Waals surface area contributed by atoms with Crippen LogP contribution >= 0.6 is 0 Å². The number of hydrogen-bond donors (Lipinski definition) is 0. The zero-order valence-corrected chi connectivity index (χ0v) is 9.22. The maximum atomic E-state index is 8.49. The zero-order valence-electron chi connectivity index (χ0n) is 9.22. The lowest BCUT2D eigenvalue weighted by atomic mass is 10.2. The molecule has 0 N–H and O–H groups in total. The van der Waals surface area contributed by atoms with E-state index in [0.717, 1.165) is 17.8 Å². The maximum Gasteiger partial charge on any atom is 0.0912 e. The molecule has 1 aromatic rings. The van der Waals surface area contributed by atoms with E-state index in [1.165, 1.54) is 6.08 Å². The van der Waals surface area contributed by atoms with Crippen molar-refractivity contribution in [1.29, 1.82) is 10.5 Å². The normalized spacial score (nSPS) is 9.69. The van der Waals surface area contributed by atoms with Gasteiger partial charge in [-0.05, 0) is 23.8 Å². The van der Waals surface area contributed by atoms with Gasteiger partial charge in [0.05, 0.1) is 18.6 Å². The summed E-state index contributed by atoms with van der Waals surface area (Å²) in [5.41, 5.74) is 2.07. The molecule has 1 aromatic carbocycles. The molecule has 0 radical (unpaired) electrons. The van der Waals surface area contributed by atoms with Gasteiger partial charge in [0.2, 0.25) is 0 Å². The highest BCUT2D eigenvalue weighted by atomic mass is 15.1. The standard InChI is InChI=1S/C13H13N3/c1-16(11-3-10-15)13-7-5-12(6-8-13)4-2-9-14/h2,4-8H,3,11H2,1H3. The van der Waals surface area contributed by atoms with Crippen LogP contribution < -0.4 is 4.90 Å². The smallest absolute Gasteiger partial charge is 0.0912 e. The van der Waals surface area contributed by atoms with Gasteiger partial charge in [-0.2, -0.15) is 10.5 Å². The fourth-order valence-electron chi connectivity index (χ4n) is 1.32. The Morgan fingerprint density at radius 3 is 2.50 bits per heavy atom. The Hall–Kier alpha value is -2.26. The molecule has 0 saturated heterocycles. The van der Waals surface area contributed by atoms with Crippen molar-refractivity contribution in [3.05, 3.63) is 35.9 Å². The fourth-order valence-corrected chi connectivity index (χ4v) is 1.32. The van der Waals surface area contributed by atoms with Crippen LogP contribution in [0.2, 0.25) is 0 Å². The molecular formula is C13H13N3. The van der Waals surface area contributed by atoms with Gasteiger partial charge in [-0.1, -0.05) is 12.1 Å². The molecular weight excluding hydrogens is 198 g/mol. The van der Waals surface area contributed by atoms with Crippen molar-refractivity contribution in [2.45, 2.75) is 6.42 Å². The molecule has 0 aliphatic heterocycles. The highest BCUT2D eigenvalue weighted by molar-refractivity contribution is 5.57. The monoisotopic (exact) mass is 211 g/mol. The van der Waals surface area contributed by atoms with E-state index in [1.54, 1.807) is 6.08 Å². The van der Waals surface area contributed by atoms with Gasteiger partial charge in [0, 0.05) is 25.4 Å². The van der Waals surface area contributed by atoms with Gasteiger partial charge in [-0.15, -0.1) is 0 Å². The summed E-state index contributed by atoms with van der Waals surface area (Å²) >= 11 is 0. The van der Waals surface area contributed by atoms with E-state index >= 15 is 0 Å². The molecule has 16 heavy (non-hydrogen) atoms. The number of benzene rings is 1. The minimum Gasteiger partial charge on any atom is -0.374 e. The lowest BCUT2D eigenvalue weighted by Gasteiger charge is -2.17. The molecule has 0 aliphatic carbocycles. The Balaban J connectivity index is 2.68. The van der Waals surface area contributed by atoms with Crippen LogP contribution in [0, 0.1) is 22.7 Å². The molecule has 3 nitrogen and oxygen atoms in total. The fraction of sp³-hybridized carbons (Fsp3) is 0.231. The van der Waals surface area contributed by atoms with Crippen LogP contribution in [0.3, 0.4) is 0 Å². The van der Waals surface area contributed by atoms with E-state index in [4.69, 9.17) is 10.5 Å². The average Bonchev–Trinajstić information content (AvgIpc) is 2.34. The molecule has 3 heteroatoms. The summed E-state index contributed by atoms with van der Waals surface area (Å²) in [6.45, 7) is 0.726. The Morgan fingerprint density at radius 2 is 1.94 bits per heavy atom. The van der Waals surface area contributed by atoms with Gasteiger partial charge in [0.25, 0.3) is 0 Å². The molecule has 0 unspecified atom stereocenters. The van der Waals surface area contributed by atoms with E-state index < -0.39 is 0 Å². The lowest BCUT2D eigenvalue weighted by molar-refractivity contribution is 0.905. The van der Waals surface area contributed by atoms with Gasteiger partial charge in [-0.3, -0.25) is 0 Å². The van der Waals surface area contributed by atoms with E-state index in [-0.39, 0.29) is 0 Å². The maximum absolute atomic E-state index is 8.49. The first-order valence-electron chi connectivity index (χ1n) is 5.02. The summed E-state index contributed by atoms with van der Waals surface area (Å²) in [5.74, 6) is 0. The summed E-state index contributed by atoms with van der Waals surface area (Å²) in [6, 6.07) is 11.9. The molecule has 0 aliphatic rings. The van der Waals surface area contributed by atoms with E-state index in [1.807, 2.05) is 42.3 Å². The van der Waals surface area contributed by atoms with Crippen molar-refractivity contribution in [2.24, 2.45) is 0 Å². The van der Waals surface area contributed by atoms with Crippen molar-refractivity contribution in [3.63, 3.8) is 0 Å². The topological polar surface area (TPSA) is 50.8 Å². The van der Waals surface area contributed by atoms with Gasteiger partial charge >= 0.3 is 0 Å². The molecule has 80 valence electrons. The summed E-state index contributed by atoms with van der Waals surface area (Å²) in [5, 5.41) is 16.9. The minimum absolute atomic E-state index is 0.520. The van der Waals surface area contributed by atoms with Crippen LogP contribution in [-0.2, 0) is 0 Å². The second kappa shape index (κ2) is 6.27. The summed E-state index contributed by atoms with van der Waals surface area (Å²) in [7, 11) is 1.96. The third kappa shape index (κ3) is 3.48. The van der Waals surface area contributed by atoms with Crippen molar-refractivity contribution < 1.29 is 0 Å². The summed E-state index contributed by atoms with van der Waals surface area (Å²) in [6.07, 6.45) is 3.74. The van der Waals surface area contributed by atoms with Crippen LogP contribution in [0.1, 0.15) is 12.0 Å². The number of allylic oxidation sites excluding steroid dienone is 1. The van der Waals surface area contributed by atoms with E-state index in [9.17, 15) is 0 Å². The van der Waals surface area contributed by atoms with Gasteiger partial charge in [0.15, 0.2) is 0 Å². The highest BCUT2D eigenvalue weighted by Gasteiger charge is 1.99. The molecule has 0 spiro atoms. The second-order valence-corrected chi connectivity index (χ2v) is 3.38. The van der Waals surface area contributed by atoms with Crippen LogP contribution in [0.4, 0.5) is 5.69 Å². The quantitative estimate of drug-likeness (QED) is 0.719. The molecule has 1 rings (SSSR count). The second-order valence-electron chi connectivity index (χ2n) is 3.38. The highest BCUT2D eigenvalue weighted by Crippen LogP contribution is 2.14. The molecule has 0 fully saturated rings. The Kier molecular flexibility index (Phi) is 4.63. The first-order chi connectivity index (χ1) is 7.77. The molecule has 0 atom stereocenters. The van der Waals surface area contributed by atoms with Crippen LogP contribution in [0.5, 0.6) is 0 Å². The average molecular weight is 211 g/mol. The number of nitrogens with zero attached hydrogens (tertiary/aromatic N) is 3. The third-order valence-corrected chi connectivity index (χ3v) is 2.24. The molecule has 0 amide bonds. The number of anilines is 1. The minimum atomic E-state index is 0.520. The van der Waals surface area contributed by atoms with Crippen molar-refractivity contribution >= 4 is 11.8 Å². The molecule has 0 heterocycles. The Morgan fingerprint density at radius 1 is 1.25 bits per heavy atom. The van der Waals surface area contributed by atoms with Crippen LogP contribution in [0.15, 0.2) is 30.3 Å².